The van der Waals surface area contributed by atoms with Gasteiger partial charge in [0.05, 0.1) is 6.10 Å². The molecule has 5 nitrogen and oxygen atoms in total. The number of nitrogens with one attached hydrogen (secondary N) is 1. The highest BCUT2D eigenvalue weighted by Crippen LogP contribution is 2.25. The van der Waals surface area contributed by atoms with Crippen molar-refractivity contribution in [2.75, 3.05) is 26.2 Å². The molecule has 1 saturated carbocycles. The quantitative estimate of drug-likeness (QED) is 0.661. The van der Waals surface area contributed by atoms with Gasteiger partial charge in [0.2, 0.25) is 5.91 Å². The number of carbonyl (C=O) groups is 1. The highest BCUT2D eigenvalue weighted by Gasteiger charge is 2.34. The number of amides is 1. The molecule has 7 heteroatoms. The summed E-state index contributed by atoms with van der Waals surface area (Å²) in [6.45, 7) is 4.09. The van der Waals surface area contributed by atoms with E-state index < -0.39 is 6.10 Å². The SMILES string of the molecule is Cl.Cl.N[C@H]1C[C@H](C(=O)NCC2CCN(CCc3ccccc3)CC2)C[C@@H]1O. The molecule has 1 saturated heterocycles. The highest BCUT2D eigenvalue weighted by molar-refractivity contribution is 5.85. The maximum absolute atomic E-state index is 12.2. The molecule has 1 aliphatic heterocycles. The standard InChI is InChI=1S/C20H31N3O2.2ClH/c21-18-12-17(13-19(18)24)20(25)22-14-16-7-10-23(11-8-16)9-6-15-4-2-1-3-5-15;;/h1-5,16-19,24H,6-14,21H2,(H,22,25);2*1H/t17-,18-,19-;;/m0../s1. The van der Waals surface area contributed by atoms with Gasteiger partial charge in [0.15, 0.2) is 0 Å². The van der Waals surface area contributed by atoms with Crippen molar-refractivity contribution >= 4 is 30.7 Å². The van der Waals surface area contributed by atoms with Crippen LogP contribution < -0.4 is 11.1 Å². The average Bonchev–Trinajstić information content (AvgIpc) is 2.98. The largest absolute Gasteiger partial charge is 0.391 e. The summed E-state index contributed by atoms with van der Waals surface area (Å²) in [5.41, 5.74) is 7.19. The number of nitrogens with zero attached hydrogens (tertiary/aromatic N) is 1. The van der Waals surface area contributed by atoms with Crippen molar-refractivity contribution in [2.24, 2.45) is 17.6 Å². The van der Waals surface area contributed by atoms with Gasteiger partial charge in [-0.1, -0.05) is 30.3 Å². The first-order valence-corrected chi connectivity index (χ1v) is 9.59. The van der Waals surface area contributed by atoms with Crippen molar-refractivity contribution < 1.29 is 9.90 Å². The smallest absolute Gasteiger partial charge is 0.223 e. The van der Waals surface area contributed by atoms with E-state index in [1.54, 1.807) is 0 Å². The molecule has 1 aliphatic carbocycles. The predicted molar refractivity (Wildman–Crippen MR) is 114 cm³/mol. The summed E-state index contributed by atoms with van der Waals surface area (Å²) in [7, 11) is 0. The summed E-state index contributed by atoms with van der Waals surface area (Å²) in [5, 5.41) is 12.8. The lowest BCUT2D eigenvalue weighted by atomic mass is 9.96. The summed E-state index contributed by atoms with van der Waals surface area (Å²) in [4.78, 5) is 14.7. The minimum absolute atomic E-state index is 0. The first-order valence-electron chi connectivity index (χ1n) is 9.59. The molecule has 154 valence electrons. The van der Waals surface area contributed by atoms with Crippen molar-refractivity contribution in [1.82, 2.24) is 10.2 Å². The van der Waals surface area contributed by atoms with E-state index in [0.717, 1.165) is 45.4 Å². The number of halogens is 2. The Morgan fingerprint density at radius 1 is 1.15 bits per heavy atom. The van der Waals surface area contributed by atoms with Crippen LogP contribution in [0.1, 0.15) is 31.2 Å². The van der Waals surface area contributed by atoms with E-state index in [4.69, 9.17) is 5.73 Å². The summed E-state index contributed by atoms with van der Waals surface area (Å²) in [6.07, 6.45) is 3.97. The van der Waals surface area contributed by atoms with Crippen LogP contribution in [0.4, 0.5) is 0 Å². The molecule has 3 rings (SSSR count). The number of aliphatic hydroxyl groups excluding tert-OH is 1. The molecule has 0 unspecified atom stereocenters. The second-order valence-corrected chi connectivity index (χ2v) is 7.67. The zero-order valence-corrected chi connectivity index (χ0v) is 17.4. The molecular formula is C20H33Cl2N3O2. The Balaban J connectivity index is 0.00000182. The van der Waals surface area contributed by atoms with Crippen LogP contribution in [-0.2, 0) is 11.2 Å². The fourth-order valence-electron chi connectivity index (χ4n) is 4.00. The lowest BCUT2D eigenvalue weighted by molar-refractivity contribution is -0.125. The van der Waals surface area contributed by atoms with E-state index in [-0.39, 0.29) is 42.7 Å². The van der Waals surface area contributed by atoms with Crippen molar-refractivity contribution in [2.45, 2.75) is 44.2 Å². The van der Waals surface area contributed by atoms with E-state index in [0.29, 0.717) is 18.8 Å². The molecule has 0 spiro atoms. The molecule has 0 radical (unpaired) electrons. The van der Waals surface area contributed by atoms with Gasteiger partial charge < -0.3 is 21.1 Å². The Morgan fingerprint density at radius 3 is 2.41 bits per heavy atom. The predicted octanol–water partition coefficient (Wildman–Crippen LogP) is 2.00. The number of piperidine rings is 1. The number of rotatable bonds is 6. The lowest BCUT2D eigenvalue weighted by Gasteiger charge is -2.32. The number of hydrogen-bond donors (Lipinski definition) is 3. The van der Waals surface area contributed by atoms with Gasteiger partial charge >= 0.3 is 0 Å². The Bertz CT molecular complexity index is 543. The maximum atomic E-state index is 12.2. The third-order valence-corrected chi connectivity index (χ3v) is 5.78. The summed E-state index contributed by atoms with van der Waals surface area (Å²) in [5.74, 6) is 0.520. The van der Waals surface area contributed by atoms with Gasteiger partial charge in [-0.25, -0.2) is 0 Å². The topological polar surface area (TPSA) is 78.6 Å². The molecule has 0 aromatic heterocycles. The fraction of sp³-hybridized carbons (Fsp3) is 0.650. The van der Waals surface area contributed by atoms with Gasteiger partial charge in [0.25, 0.3) is 0 Å². The van der Waals surface area contributed by atoms with E-state index in [1.807, 2.05) is 0 Å². The van der Waals surface area contributed by atoms with Gasteiger partial charge in [-0.3, -0.25) is 4.79 Å². The highest BCUT2D eigenvalue weighted by atomic mass is 35.5. The van der Waals surface area contributed by atoms with E-state index >= 15 is 0 Å². The van der Waals surface area contributed by atoms with E-state index in [1.165, 1.54) is 5.56 Å². The van der Waals surface area contributed by atoms with Crippen LogP contribution in [0.15, 0.2) is 30.3 Å². The molecule has 2 aliphatic rings. The molecule has 0 bridgehead atoms. The van der Waals surface area contributed by atoms with Crippen molar-refractivity contribution in [3.05, 3.63) is 35.9 Å². The Hall–Kier alpha value is -0.850. The Kier molecular flexibility index (Phi) is 10.6. The van der Waals surface area contributed by atoms with Gasteiger partial charge in [0.1, 0.15) is 0 Å². The molecular weight excluding hydrogens is 385 g/mol. The second kappa shape index (κ2) is 11.9. The van der Waals surface area contributed by atoms with Crippen LogP contribution in [0.25, 0.3) is 0 Å². The van der Waals surface area contributed by atoms with Crippen molar-refractivity contribution in [1.29, 1.82) is 0 Å². The summed E-state index contributed by atoms with van der Waals surface area (Å²) in [6, 6.07) is 10.4. The minimum Gasteiger partial charge on any atom is -0.391 e. The van der Waals surface area contributed by atoms with Crippen molar-refractivity contribution in [3.63, 3.8) is 0 Å². The number of likely N-dealkylation sites (tertiary alicyclic amines) is 1. The first-order chi connectivity index (χ1) is 12.1. The van der Waals surface area contributed by atoms with Crippen LogP contribution in [0.2, 0.25) is 0 Å². The van der Waals surface area contributed by atoms with Crippen LogP contribution in [-0.4, -0.2) is 54.2 Å². The number of benzene rings is 1. The molecule has 27 heavy (non-hydrogen) atoms. The van der Waals surface area contributed by atoms with E-state index in [2.05, 4.69) is 40.5 Å². The van der Waals surface area contributed by atoms with Crippen LogP contribution in [0.5, 0.6) is 0 Å². The van der Waals surface area contributed by atoms with Crippen LogP contribution in [0, 0.1) is 11.8 Å². The molecule has 1 amide bonds. The number of carbonyl (C=O) groups excluding carboxylic acids is 1. The van der Waals surface area contributed by atoms with Gasteiger partial charge in [-0.2, -0.15) is 0 Å². The van der Waals surface area contributed by atoms with Crippen LogP contribution >= 0.6 is 24.8 Å². The zero-order valence-electron chi connectivity index (χ0n) is 15.8. The lowest BCUT2D eigenvalue weighted by Crippen LogP contribution is -2.40. The van der Waals surface area contributed by atoms with Gasteiger partial charge in [0, 0.05) is 25.0 Å². The average molecular weight is 418 g/mol. The third kappa shape index (κ3) is 7.24. The van der Waals surface area contributed by atoms with Crippen LogP contribution in [0.3, 0.4) is 0 Å². The Labute approximate surface area is 174 Å². The second-order valence-electron chi connectivity index (χ2n) is 7.67. The molecule has 1 aromatic rings. The van der Waals surface area contributed by atoms with Gasteiger partial charge in [-0.05, 0) is 56.7 Å². The number of nitrogens with two attached hydrogens (primary N) is 1. The molecule has 1 aromatic carbocycles. The zero-order chi connectivity index (χ0) is 17.6. The molecule has 3 atom stereocenters. The van der Waals surface area contributed by atoms with E-state index in [9.17, 15) is 9.90 Å². The third-order valence-electron chi connectivity index (χ3n) is 5.78. The minimum atomic E-state index is -0.524. The normalized spacial score (nSPS) is 26.1. The fourth-order valence-corrected chi connectivity index (χ4v) is 4.00. The summed E-state index contributed by atoms with van der Waals surface area (Å²) >= 11 is 0. The van der Waals surface area contributed by atoms with Gasteiger partial charge in [-0.15, -0.1) is 24.8 Å². The maximum Gasteiger partial charge on any atom is 0.223 e. The van der Waals surface area contributed by atoms with Crippen molar-refractivity contribution in [3.8, 4) is 0 Å². The number of hydrogen-bond acceptors (Lipinski definition) is 4. The molecule has 4 N–H and O–H groups in total. The number of aliphatic hydroxyl groups is 1. The molecule has 2 fully saturated rings. The first kappa shape index (κ1) is 24.2. The Morgan fingerprint density at radius 2 is 1.81 bits per heavy atom. The monoisotopic (exact) mass is 417 g/mol. The molecule has 1 heterocycles. The summed E-state index contributed by atoms with van der Waals surface area (Å²) < 4.78 is 0.